The van der Waals surface area contributed by atoms with Crippen molar-refractivity contribution in [3.05, 3.63) is 51.2 Å². The Bertz CT molecular complexity index is 894. The maximum Gasteiger partial charge on any atom is 0.433 e. The minimum atomic E-state index is -4.80. The van der Waals surface area contributed by atoms with Crippen molar-refractivity contribution in [2.24, 2.45) is 0 Å². The van der Waals surface area contributed by atoms with Crippen LogP contribution in [0.25, 0.3) is 5.69 Å². The number of benzene rings is 1. The first kappa shape index (κ1) is 17.5. The number of aryl methyl sites for hydroxylation is 1. The van der Waals surface area contributed by atoms with Crippen LogP contribution in [0.4, 0.5) is 23.5 Å². The Morgan fingerprint density at radius 2 is 1.88 bits per heavy atom. The molecular weight excluding hydrogens is 328 g/mol. The van der Waals surface area contributed by atoms with Crippen LogP contribution in [-0.2, 0) is 6.18 Å². The summed E-state index contributed by atoms with van der Waals surface area (Å²) in [6.45, 7) is 1.53. The standard InChI is InChI=1S/C15H12F4N4O/c1-8-4-11(10(16)5-9(8)7-20)23-13(24)6-12(15(17,18)19)21-14(23)22(2)3/h4-6H,1-3H3. The highest BCUT2D eigenvalue weighted by atomic mass is 19.4. The van der Waals surface area contributed by atoms with Crippen LogP contribution in [0.5, 0.6) is 0 Å². The molecule has 0 bridgehead atoms. The van der Waals surface area contributed by atoms with Crippen LogP contribution in [0.15, 0.2) is 23.0 Å². The number of aromatic nitrogens is 2. The molecule has 0 aliphatic rings. The molecule has 0 amide bonds. The SMILES string of the molecule is Cc1cc(-n2c(N(C)C)nc(C(F)(F)F)cc2=O)c(F)cc1C#N. The molecule has 0 N–H and O–H groups in total. The molecule has 126 valence electrons. The smallest absolute Gasteiger partial charge is 0.348 e. The molecule has 0 radical (unpaired) electrons. The molecule has 24 heavy (non-hydrogen) atoms. The maximum atomic E-state index is 14.3. The third kappa shape index (κ3) is 3.08. The number of nitrogens with zero attached hydrogens (tertiary/aromatic N) is 4. The number of rotatable bonds is 2. The van der Waals surface area contributed by atoms with E-state index in [1.54, 1.807) is 6.07 Å². The molecule has 0 spiro atoms. The maximum absolute atomic E-state index is 14.3. The van der Waals surface area contributed by atoms with E-state index >= 15 is 0 Å². The first-order valence-electron chi connectivity index (χ1n) is 6.65. The second kappa shape index (κ2) is 5.96. The topological polar surface area (TPSA) is 61.9 Å². The van der Waals surface area contributed by atoms with Crippen molar-refractivity contribution in [1.29, 1.82) is 5.26 Å². The van der Waals surface area contributed by atoms with Gasteiger partial charge < -0.3 is 4.90 Å². The lowest BCUT2D eigenvalue weighted by atomic mass is 10.1. The number of anilines is 1. The summed E-state index contributed by atoms with van der Waals surface area (Å²) in [5, 5.41) is 8.90. The highest BCUT2D eigenvalue weighted by Crippen LogP contribution is 2.29. The monoisotopic (exact) mass is 340 g/mol. The largest absolute Gasteiger partial charge is 0.433 e. The van der Waals surface area contributed by atoms with Crippen LogP contribution in [-0.4, -0.2) is 23.6 Å². The zero-order valence-corrected chi connectivity index (χ0v) is 12.9. The molecule has 2 aromatic rings. The van der Waals surface area contributed by atoms with Crippen LogP contribution >= 0.6 is 0 Å². The van der Waals surface area contributed by atoms with Crippen molar-refractivity contribution in [2.45, 2.75) is 13.1 Å². The molecule has 0 atom stereocenters. The van der Waals surface area contributed by atoms with Crippen molar-refractivity contribution in [3.8, 4) is 11.8 Å². The quantitative estimate of drug-likeness (QED) is 0.789. The van der Waals surface area contributed by atoms with Crippen molar-refractivity contribution < 1.29 is 17.6 Å². The van der Waals surface area contributed by atoms with Crippen LogP contribution in [0.3, 0.4) is 0 Å². The highest BCUT2D eigenvalue weighted by molar-refractivity contribution is 5.50. The molecular formula is C15H12F4N4O. The Kier molecular flexibility index (Phi) is 4.34. The lowest BCUT2D eigenvalue weighted by Gasteiger charge is -2.20. The molecule has 1 heterocycles. The van der Waals surface area contributed by atoms with E-state index in [2.05, 4.69) is 4.98 Å². The number of nitriles is 1. The van der Waals surface area contributed by atoms with Gasteiger partial charge in [0.1, 0.15) is 5.82 Å². The lowest BCUT2D eigenvalue weighted by Crippen LogP contribution is -2.30. The van der Waals surface area contributed by atoms with E-state index in [9.17, 15) is 22.4 Å². The molecule has 9 heteroatoms. The van der Waals surface area contributed by atoms with Gasteiger partial charge >= 0.3 is 6.18 Å². The van der Waals surface area contributed by atoms with E-state index in [1.165, 1.54) is 32.0 Å². The minimum Gasteiger partial charge on any atom is -0.348 e. The number of alkyl halides is 3. The summed E-state index contributed by atoms with van der Waals surface area (Å²) in [5.41, 5.74) is -2.27. The van der Waals surface area contributed by atoms with Gasteiger partial charge in [0.25, 0.3) is 5.56 Å². The Morgan fingerprint density at radius 1 is 1.25 bits per heavy atom. The first-order chi connectivity index (χ1) is 11.1. The highest BCUT2D eigenvalue weighted by Gasteiger charge is 2.34. The fourth-order valence-electron chi connectivity index (χ4n) is 2.10. The summed E-state index contributed by atoms with van der Waals surface area (Å²) in [5.74, 6) is -1.29. The van der Waals surface area contributed by atoms with Gasteiger partial charge in [0, 0.05) is 20.2 Å². The fourth-order valence-corrected chi connectivity index (χ4v) is 2.10. The first-order valence-corrected chi connectivity index (χ1v) is 6.65. The minimum absolute atomic E-state index is 0.0653. The Balaban J connectivity index is 2.83. The number of hydrogen-bond acceptors (Lipinski definition) is 4. The molecule has 0 saturated heterocycles. The molecule has 2 rings (SSSR count). The lowest BCUT2D eigenvalue weighted by molar-refractivity contribution is -0.141. The summed E-state index contributed by atoms with van der Waals surface area (Å²) < 4.78 is 53.6. The molecule has 1 aromatic heterocycles. The van der Waals surface area contributed by atoms with Gasteiger partial charge in [-0.2, -0.15) is 18.4 Å². The van der Waals surface area contributed by atoms with Gasteiger partial charge in [0.05, 0.1) is 17.3 Å². The summed E-state index contributed by atoms with van der Waals surface area (Å²) >= 11 is 0. The van der Waals surface area contributed by atoms with Gasteiger partial charge in [0.2, 0.25) is 5.95 Å². The fraction of sp³-hybridized carbons (Fsp3) is 0.267. The van der Waals surface area contributed by atoms with E-state index in [1.807, 2.05) is 0 Å². The van der Waals surface area contributed by atoms with Crippen LogP contribution in [0.1, 0.15) is 16.8 Å². The van der Waals surface area contributed by atoms with Crippen molar-refractivity contribution in [2.75, 3.05) is 19.0 Å². The van der Waals surface area contributed by atoms with Crippen LogP contribution in [0, 0.1) is 24.1 Å². The van der Waals surface area contributed by atoms with Gasteiger partial charge in [-0.15, -0.1) is 0 Å². The van der Waals surface area contributed by atoms with Crippen LogP contribution < -0.4 is 10.5 Å². The Hall–Kier alpha value is -2.89. The summed E-state index contributed by atoms with van der Waals surface area (Å²) in [4.78, 5) is 16.8. The van der Waals surface area contributed by atoms with Gasteiger partial charge in [-0.05, 0) is 24.6 Å². The Morgan fingerprint density at radius 3 is 2.38 bits per heavy atom. The molecule has 5 nitrogen and oxygen atoms in total. The molecule has 0 fully saturated rings. The predicted molar refractivity (Wildman–Crippen MR) is 78.6 cm³/mol. The van der Waals surface area contributed by atoms with Crippen molar-refractivity contribution >= 4 is 5.95 Å². The van der Waals surface area contributed by atoms with Gasteiger partial charge in [-0.25, -0.2) is 13.9 Å². The third-order valence-corrected chi connectivity index (χ3v) is 3.25. The second-order valence-corrected chi connectivity index (χ2v) is 5.24. The van der Waals surface area contributed by atoms with Gasteiger partial charge in [0.15, 0.2) is 5.69 Å². The van der Waals surface area contributed by atoms with E-state index in [4.69, 9.17) is 5.26 Å². The van der Waals surface area contributed by atoms with Crippen molar-refractivity contribution in [3.63, 3.8) is 0 Å². The van der Waals surface area contributed by atoms with Gasteiger partial charge in [-0.3, -0.25) is 4.79 Å². The zero-order chi connectivity index (χ0) is 18.2. The zero-order valence-electron chi connectivity index (χ0n) is 12.9. The van der Waals surface area contributed by atoms with E-state index in [0.717, 1.165) is 10.6 Å². The van der Waals surface area contributed by atoms with E-state index in [0.29, 0.717) is 11.6 Å². The predicted octanol–water partition coefficient (Wildman–Crippen LogP) is 2.64. The van der Waals surface area contributed by atoms with Crippen molar-refractivity contribution in [1.82, 2.24) is 9.55 Å². The molecule has 0 aliphatic carbocycles. The Labute approximate surface area is 134 Å². The van der Waals surface area contributed by atoms with Gasteiger partial charge in [-0.1, -0.05) is 0 Å². The molecule has 0 saturated carbocycles. The van der Waals surface area contributed by atoms with E-state index < -0.39 is 23.2 Å². The molecule has 0 unspecified atom stereocenters. The second-order valence-electron chi connectivity index (χ2n) is 5.24. The number of hydrogen-bond donors (Lipinski definition) is 0. The third-order valence-electron chi connectivity index (χ3n) is 3.25. The van der Waals surface area contributed by atoms with E-state index in [-0.39, 0.29) is 17.2 Å². The average molecular weight is 340 g/mol. The molecule has 1 aromatic carbocycles. The van der Waals surface area contributed by atoms with Crippen LogP contribution in [0.2, 0.25) is 0 Å². The summed E-state index contributed by atoms with van der Waals surface area (Å²) in [6.07, 6.45) is -4.80. The normalized spacial score (nSPS) is 11.2. The number of halogens is 4. The summed E-state index contributed by atoms with van der Waals surface area (Å²) in [7, 11) is 2.76. The molecule has 0 aliphatic heterocycles. The average Bonchev–Trinajstić information content (AvgIpc) is 2.47. The summed E-state index contributed by atoms with van der Waals surface area (Å²) in [6, 6.07) is 4.24.